The Bertz CT molecular complexity index is 511. The van der Waals surface area contributed by atoms with Gasteiger partial charge in [-0.25, -0.2) is 13.6 Å². The summed E-state index contributed by atoms with van der Waals surface area (Å²) < 4.78 is 65.5. The smallest absolute Gasteiger partial charge is 0.410 e. The lowest BCUT2D eigenvalue weighted by atomic mass is 10.1. The van der Waals surface area contributed by atoms with Crippen LogP contribution in [0.15, 0.2) is 24.3 Å². The molecule has 19 heavy (non-hydrogen) atoms. The second-order valence-electron chi connectivity index (χ2n) is 3.93. The molecular formula is C11H14F3NO3S. The predicted molar refractivity (Wildman–Crippen MR) is 64.1 cm³/mol. The summed E-state index contributed by atoms with van der Waals surface area (Å²) in [6.07, 6.45) is -4.20. The monoisotopic (exact) mass is 297 g/mol. The molecule has 0 aliphatic rings. The van der Waals surface area contributed by atoms with Gasteiger partial charge in [-0.15, -0.1) is 0 Å². The van der Waals surface area contributed by atoms with Crippen LogP contribution in [0, 0.1) is 0 Å². The van der Waals surface area contributed by atoms with Crippen molar-refractivity contribution in [3.8, 4) is 5.75 Å². The molecule has 1 rings (SSSR count). The summed E-state index contributed by atoms with van der Waals surface area (Å²) in [5.74, 6) is 0.376. The largest absolute Gasteiger partial charge is 0.494 e. The van der Waals surface area contributed by atoms with E-state index in [1.807, 2.05) is 6.92 Å². The third kappa shape index (κ3) is 4.39. The quantitative estimate of drug-likeness (QED) is 0.907. The molecule has 0 radical (unpaired) electrons. The van der Waals surface area contributed by atoms with Gasteiger partial charge in [-0.3, -0.25) is 0 Å². The lowest BCUT2D eigenvalue weighted by Crippen LogP contribution is -2.33. The average molecular weight is 297 g/mol. The Morgan fingerprint density at radius 1 is 1.26 bits per heavy atom. The molecule has 0 amide bonds. The first-order valence-corrected chi connectivity index (χ1v) is 7.08. The van der Waals surface area contributed by atoms with Gasteiger partial charge >= 0.3 is 6.18 Å². The van der Waals surface area contributed by atoms with Crippen LogP contribution in [0.5, 0.6) is 5.75 Å². The zero-order chi connectivity index (χ0) is 14.7. The number of nitrogens with two attached hydrogens (primary N) is 1. The fraction of sp³-hybridized carbons (Fsp3) is 0.455. The number of hydrogen-bond donors (Lipinski definition) is 1. The highest BCUT2D eigenvalue weighted by molar-refractivity contribution is 7.89. The summed E-state index contributed by atoms with van der Waals surface area (Å²) in [7, 11) is -4.77. The molecule has 1 atom stereocenters. The highest BCUT2D eigenvalue weighted by Crippen LogP contribution is 2.38. The molecule has 0 bridgehead atoms. The Balaban J connectivity index is 3.06. The molecule has 8 heteroatoms. The van der Waals surface area contributed by atoms with Crippen LogP contribution in [0.25, 0.3) is 0 Å². The first-order valence-electron chi connectivity index (χ1n) is 5.47. The van der Waals surface area contributed by atoms with E-state index in [-0.39, 0.29) is 0 Å². The highest BCUT2D eigenvalue weighted by Gasteiger charge is 2.48. The highest BCUT2D eigenvalue weighted by atomic mass is 32.2. The van der Waals surface area contributed by atoms with Crippen LogP contribution >= 0.6 is 0 Å². The summed E-state index contributed by atoms with van der Waals surface area (Å²) in [6, 6.07) is 4.67. The summed E-state index contributed by atoms with van der Waals surface area (Å²) in [5.41, 5.74) is -0.432. The van der Waals surface area contributed by atoms with Crippen molar-refractivity contribution in [2.24, 2.45) is 5.14 Å². The van der Waals surface area contributed by atoms with Crippen molar-refractivity contribution < 1.29 is 26.3 Å². The van der Waals surface area contributed by atoms with Crippen molar-refractivity contribution >= 4 is 10.0 Å². The number of hydrogen-bond acceptors (Lipinski definition) is 3. The topological polar surface area (TPSA) is 69.4 Å². The average Bonchev–Trinajstić information content (AvgIpc) is 2.24. The van der Waals surface area contributed by atoms with E-state index in [0.29, 0.717) is 12.4 Å². The number of ether oxygens (including phenoxy) is 1. The minimum Gasteiger partial charge on any atom is -0.494 e. The first kappa shape index (κ1) is 15.8. The lowest BCUT2D eigenvalue weighted by Gasteiger charge is -2.18. The summed E-state index contributed by atoms with van der Waals surface area (Å²) in [6.45, 7) is 2.31. The Kier molecular flexibility index (Phi) is 4.81. The molecule has 1 aromatic rings. The van der Waals surface area contributed by atoms with Crippen LogP contribution in [0.4, 0.5) is 13.2 Å². The summed E-state index contributed by atoms with van der Waals surface area (Å²) in [4.78, 5) is 0. The van der Waals surface area contributed by atoms with Gasteiger partial charge < -0.3 is 4.74 Å². The van der Waals surface area contributed by atoms with Crippen LogP contribution < -0.4 is 9.88 Å². The first-order chi connectivity index (χ1) is 8.66. The number of sulfonamides is 1. The zero-order valence-electron chi connectivity index (χ0n) is 10.1. The van der Waals surface area contributed by atoms with Crippen molar-refractivity contribution in [2.45, 2.75) is 24.8 Å². The Labute approximate surface area is 109 Å². The SMILES string of the molecule is CCCOc1ccc(C(C(F)(F)F)S(N)(=O)=O)cc1. The van der Waals surface area contributed by atoms with Gasteiger partial charge in [-0.1, -0.05) is 19.1 Å². The lowest BCUT2D eigenvalue weighted by molar-refractivity contribution is -0.131. The molecule has 1 aromatic carbocycles. The van der Waals surface area contributed by atoms with Gasteiger partial charge in [0.1, 0.15) is 5.75 Å². The fourth-order valence-corrected chi connectivity index (χ4v) is 2.43. The van der Waals surface area contributed by atoms with E-state index in [2.05, 4.69) is 5.14 Å². The number of halogens is 3. The van der Waals surface area contributed by atoms with Gasteiger partial charge in [0.05, 0.1) is 6.61 Å². The molecule has 0 saturated carbocycles. The van der Waals surface area contributed by atoms with Crippen LogP contribution in [-0.2, 0) is 10.0 Å². The molecule has 0 aromatic heterocycles. The molecular weight excluding hydrogens is 283 g/mol. The maximum Gasteiger partial charge on any atom is 0.410 e. The molecule has 0 spiro atoms. The number of benzene rings is 1. The number of rotatable bonds is 5. The van der Waals surface area contributed by atoms with Gasteiger partial charge in [0.2, 0.25) is 10.0 Å². The third-order valence-electron chi connectivity index (χ3n) is 2.28. The molecule has 0 heterocycles. The second-order valence-corrected chi connectivity index (χ2v) is 5.58. The maximum absolute atomic E-state index is 12.7. The van der Waals surface area contributed by atoms with E-state index in [1.54, 1.807) is 0 Å². The van der Waals surface area contributed by atoms with Gasteiger partial charge in [0.25, 0.3) is 0 Å². The third-order valence-corrected chi connectivity index (χ3v) is 3.48. The summed E-state index contributed by atoms with van der Waals surface area (Å²) >= 11 is 0. The van der Waals surface area contributed by atoms with Crippen molar-refractivity contribution in [3.05, 3.63) is 29.8 Å². The Morgan fingerprint density at radius 2 is 1.79 bits per heavy atom. The maximum atomic E-state index is 12.7. The van der Waals surface area contributed by atoms with Gasteiger partial charge in [0, 0.05) is 0 Å². The Morgan fingerprint density at radius 3 is 2.16 bits per heavy atom. The van der Waals surface area contributed by atoms with Gasteiger partial charge in [-0.2, -0.15) is 13.2 Å². The van der Waals surface area contributed by atoms with Crippen molar-refractivity contribution in [2.75, 3.05) is 6.61 Å². The molecule has 0 saturated heterocycles. The fourth-order valence-electron chi connectivity index (χ4n) is 1.52. The van der Waals surface area contributed by atoms with E-state index >= 15 is 0 Å². The van der Waals surface area contributed by atoms with Crippen LogP contribution in [0.2, 0.25) is 0 Å². The second kappa shape index (κ2) is 5.79. The summed E-state index contributed by atoms with van der Waals surface area (Å²) in [5, 5.41) is 1.92. The minimum absolute atomic E-state index is 0.376. The Hall–Kier alpha value is -1.28. The van der Waals surface area contributed by atoms with Crippen molar-refractivity contribution in [3.63, 3.8) is 0 Å². The molecule has 4 nitrogen and oxygen atoms in total. The van der Waals surface area contributed by atoms with E-state index < -0.39 is 27.0 Å². The number of primary sulfonamides is 1. The molecule has 1 unspecified atom stereocenters. The van der Waals surface area contributed by atoms with Crippen LogP contribution in [-0.4, -0.2) is 21.2 Å². The molecule has 0 aliphatic carbocycles. The predicted octanol–water partition coefficient (Wildman–Crippen LogP) is 2.37. The van der Waals surface area contributed by atoms with E-state index in [4.69, 9.17) is 4.74 Å². The van der Waals surface area contributed by atoms with Crippen molar-refractivity contribution in [1.82, 2.24) is 0 Å². The standard InChI is InChI=1S/C11H14F3NO3S/c1-2-7-18-9-5-3-8(4-6-9)10(11(12,13)14)19(15,16)17/h3-6,10H,2,7H2,1H3,(H2,15,16,17). The van der Waals surface area contributed by atoms with Crippen LogP contribution in [0.1, 0.15) is 24.2 Å². The zero-order valence-corrected chi connectivity index (χ0v) is 11.0. The molecule has 2 N–H and O–H groups in total. The van der Waals surface area contributed by atoms with Gasteiger partial charge in [0.15, 0.2) is 5.25 Å². The minimum atomic E-state index is -4.96. The normalized spacial score (nSPS) is 14.2. The molecule has 0 fully saturated rings. The van der Waals surface area contributed by atoms with E-state index in [1.165, 1.54) is 12.1 Å². The van der Waals surface area contributed by atoms with Crippen molar-refractivity contribution in [1.29, 1.82) is 0 Å². The number of alkyl halides is 3. The van der Waals surface area contributed by atoms with Gasteiger partial charge in [-0.05, 0) is 24.1 Å². The van der Waals surface area contributed by atoms with E-state index in [0.717, 1.165) is 18.6 Å². The van der Waals surface area contributed by atoms with E-state index in [9.17, 15) is 21.6 Å². The molecule has 0 aliphatic heterocycles. The van der Waals surface area contributed by atoms with Crippen LogP contribution in [0.3, 0.4) is 0 Å². The molecule has 108 valence electrons.